The first-order chi connectivity index (χ1) is 7.45. The predicted molar refractivity (Wildman–Crippen MR) is 59.6 cm³/mol. The van der Waals surface area contributed by atoms with Crippen LogP contribution < -0.4 is 0 Å². The second-order valence-corrected chi connectivity index (χ2v) is 4.60. The van der Waals surface area contributed by atoms with Crippen molar-refractivity contribution in [2.45, 2.75) is 51.0 Å². The predicted octanol–water partition coefficient (Wildman–Crippen LogP) is 2.36. The highest BCUT2D eigenvalue weighted by Crippen LogP contribution is 2.17. The van der Waals surface area contributed by atoms with Crippen molar-refractivity contribution in [3.63, 3.8) is 0 Å². The van der Waals surface area contributed by atoms with Gasteiger partial charge in [-0.2, -0.15) is 5.06 Å². The number of hydrogen-bond acceptors (Lipinski definition) is 3. The molecule has 0 aromatic carbocycles. The first-order valence-electron chi connectivity index (χ1n) is 6.44. The third kappa shape index (κ3) is 4.09. The fourth-order valence-corrected chi connectivity index (χ4v) is 2.17. The van der Waals surface area contributed by atoms with E-state index in [2.05, 4.69) is 5.06 Å². The molecule has 1 unspecified atom stereocenters. The highest BCUT2D eigenvalue weighted by molar-refractivity contribution is 4.65. The molecule has 0 amide bonds. The second-order valence-electron chi connectivity index (χ2n) is 4.60. The Labute approximate surface area is 92.7 Å². The lowest BCUT2D eigenvalue weighted by Crippen LogP contribution is -2.30. The number of piperidine rings is 1. The molecule has 3 nitrogen and oxygen atoms in total. The molecule has 0 aromatic heterocycles. The molecule has 1 atom stereocenters. The smallest absolute Gasteiger partial charge is 0.0685 e. The van der Waals surface area contributed by atoms with Gasteiger partial charge in [-0.25, -0.2) is 0 Å². The quantitative estimate of drug-likeness (QED) is 0.632. The van der Waals surface area contributed by atoms with Crippen LogP contribution in [-0.2, 0) is 9.57 Å². The van der Waals surface area contributed by atoms with Crippen LogP contribution in [0.15, 0.2) is 0 Å². The number of ether oxygens (including phenoxy) is 1. The minimum Gasteiger partial charge on any atom is -0.378 e. The van der Waals surface area contributed by atoms with Crippen LogP contribution in [0.25, 0.3) is 0 Å². The minimum absolute atomic E-state index is 0.569. The highest BCUT2D eigenvalue weighted by Gasteiger charge is 2.17. The zero-order chi connectivity index (χ0) is 10.3. The van der Waals surface area contributed by atoms with Crippen LogP contribution in [-0.4, -0.2) is 37.5 Å². The molecule has 2 fully saturated rings. The van der Waals surface area contributed by atoms with Crippen LogP contribution in [0.1, 0.15) is 44.9 Å². The fraction of sp³-hybridized carbons (Fsp3) is 1.00. The number of rotatable bonds is 6. The van der Waals surface area contributed by atoms with E-state index in [0.717, 1.165) is 26.3 Å². The summed E-state index contributed by atoms with van der Waals surface area (Å²) in [7, 11) is 0. The first kappa shape index (κ1) is 11.4. The molecular weight excluding hydrogens is 190 g/mol. The number of hydroxylamine groups is 2. The van der Waals surface area contributed by atoms with E-state index >= 15 is 0 Å². The van der Waals surface area contributed by atoms with Crippen molar-refractivity contribution in [1.29, 1.82) is 0 Å². The topological polar surface area (TPSA) is 21.7 Å². The van der Waals surface area contributed by atoms with E-state index in [1.54, 1.807) is 0 Å². The molecule has 2 saturated heterocycles. The molecule has 0 spiro atoms. The highest BCUT2D eigenvalue weighted by atomic mass is 16.7. The molecule has 2 heterocycles. The molecule has 0 aliphatic carbocycles. The number of nitrogens with zero attached hydrogens (tertiary/aromatic N) is 1. The van der Waals surface area contributed by atoms with Crippen LogP contribution in [0.5, 0.6) is 0 Å². The van der Waals surface area contributed by atoms with E-state index in [1.165, 1.54) is 44.9 Å². The van der Waals surface area contributed by atoms with Gasteiger partial charge >= 0.3 is 0 Å². The Balaban J connectivity index is 1.40. The van der Waals surface area contributed by atoms with Crippen molar-refractivity contribution in [3.05, 3.63) is 0 Å². The summed E-state index contributed by atoms with van der Waals surface area (Å²) in [6.45, 7) is 4.14. The molecule has 0 bridgehead atoms. The maximum atomic E-state index is 5.71. The van der Waals surface area contributed by atoms with Crippen molar-refractivity contribution in [1.82, 2.24) is 5.06 Å². The van der Waals surface area contributed by atoms with Gasteiger partial charge in [0.2, 0.25) is 0 Å². The van der Waals surface area contributed by atoms with Crippen molar-refractivity contribution >= 4 is 0 Å². The lowest BCUT2D eigenvalue weighted by Gasteiger charge is -2.27. The van der Waals surface area contributed by atoms with Crippen LogP contribution in [0.3, 0.4) is 0 Å². The Bertz CT molecular complexity index is 165. The lowest BCUT2D eigenvalue weighted by molar-refractivity contribution is -0.169. The van der Waals surface area contributed by atoms with Crippen molar-refractivity contribution < 1.29 is 9.57 Å². The minimum atomic E-state index is 0.569. The van der Waals surface area contributed by atoms with Gasteiger partial charge < -0.3 is 4.74 Å². The van der Waals surface area contributed by atoms with E-state index in [-0.39, 0.29) is 0 Å². The van der Waals surface area contributed by atoms with E-state index in [0.29, 0.717) is 6.10 Å². The molecule has 3 heteroatoms. The Kier molecular flexibility index (Phi) is 4.90. The molecule has 0 saturated carbocycles. The average molecular weight is 213 g/mol. The molecule has 0 radical (unpaired) electrons. The van der Waals surface area contributed by atoms with E-state index in [9.17, 15) is 0 Å². The van der Waals surface area contributed by atoms with Crippen LogP contribution in [0.2, 0.25) is 0 Å². The van der Waals surface area contributed by atoms with Crippen LogP contribution in [0, 0.1) is 0 Å². The third-order valence-electron chi connectivity index (χ3n) is 3.30. The van der Waals surface area contributed by atoms with Crippen molar-refractivity contribution in [2.75, 3.05) is 26.3 Å². The second kappa shape index (κ2) is 6.46. The van der Waals surface area contributed by atoms with Gasteiger partial charge in [0.25, 0.3) is 0 Å². The zero-order valence-electron chi connectivity index (χ0n) is 9.62. The molecule has 2 aliphatic rings. The standard InChI is InChI=1S/C12H23NO2/c1-3-8-13(9-4-1)15-10-5-2-6-12-7-11-14-12/h12H,1-11H2. The summed E-state index contributed by atoms with van der Waals surface area (Å²) >= 11 is 0. The maximum Gasteiger partial charge on any atom is 0.0685 e. The molecule has 2 aliphatic heterocycles. The Morgan fingerprint density at radius 2 is 1.93 bits per heavy atom. The summed E-state index contributed by atoms with van der Waals surface area (Å²) in [5, 5.41) is 2.14. The molecule has 0 N–H and O–H groups in total. The summed E-state index contributed by atoms with van der Waals surface area (Å²) < 4.78 is 5.38. The monoisotopic (exact) mass is 213 g/mol. The Hall–Kier alpha value is -0.120. The molecule has 2 rings (SSSR count). The van der Waals surface area contributed by atoms with Gasteiger partial charge in [0, 0.05) is 19.7 Å². The summed E-state index contributed by atoms with van der Waals surface area (Å²) in [6.07, 6.45) is 9.47. The Morgan fingerprint density at radius 3 is 2.60 bits per heavy atom. The van der Waals surface area contributed by atoms with Gasteiger partial charge in [-0.05, 0) is 38.5 Å². The molecular formula is C12H23NO2. The van der Waals surface area contributed by atoms with Gasteiger partial charge in [0.1, 0.15) is 0 Å². The number of hydrogen-bond donors (Lipinski definition) is 0. The van der Waals surface area contributed by atoms with Gasteiger partial charge in [-0.3, -0.25) is 4.84 Å². The fourth-order valence-electron chi connectivity index (χ4n) is 2.17. The molecule has 0 aromatic rings. The normalized spacial score (nSPS) is 27.6. The first-order valence-corrected chi connectivity index (χ1v) is 6.44. The Morgan fingerprint density at radius 1 is 1.13 bits per heavy atom. The van der Waals surface area contributed by atoms with E-state index < -0.39 is 0 Å². The summed E-state index contributed by atoms with van der Waals surface area (Å²) in [5.41, 5.74) is 0. The van der Waals surface area contributed by atoms with Crippen LogP contribution >= 0.6 is 0 Å². The summed E-state index contributed by atoms with van der Waals surface area (Å²) in [6, 6.07) is 0. The van der Waals surface area contributed by atoms with Crippen molar-refractivity contribution in [3.8, 4) is 0 Å². The van der Waals surface area contributed by atoms with Gasteiger partial charge in [-0.15, -0.1) is 0 Å². The van der Waals surface area contributed by atoms with Gasteiger partial charge in [0.05, 0.1) is 12.7 Å². The molecule has 88 valence electrons. The van der Waals surface area contributed by atoms with Crippen LogP contribution in [0.4, 0.5) is 0 Å². The third-order valence-corrected chi connectivity index (χ3v) is 3.30. The maximum absolute atomic E-state index is 5.71. The summed E-state index contributed by atoms with van der Waals surface area (Å²) in [4.78, 5) is 5.71. The van der Waals surface area contributed by atoms with Crippen molar-refractivity contribution in [2.24, 2.45) is 0 Å². The van der Waals surface area contributed by atoms with E-state index in [1.807, 2.05) is 0 Å². The average Bonchev–Trinajstić information content (AvgIpc) is 2.22. The summed E-state index contributed by atoms with van der Waals surface area (Å²) in [5.74, 6) is 0. The molecule has 15 heavy (non-hydrogen) atoms. The van der Waals surface area contributed by atoms with E-state index in [4.69, 9.17) is 9.57 Å². The van der Waals surface area contributed by atoms with Gasteiger partial charge in [0.15, 0.2) is 0 Å². The van der Waals surface area contributed by atoms with Gasteiger partial charge in [-0.1, -0.05) is 6.42 Å². The zero-order valence-corrected chi connectivity index (χ0v) is 9.62. The number of unbranched alkanes of at least 4 members (excludes halogenated alkanes) is 1. The SMILES string of the molecule is C1CCN(OCCCCC2CCO2)CC1. The lowest BCUT2D eigenvalue weighted by atomic mass is 10.1. The largest absolute Gasteiger partial charge is 0.378 e.